The van der Waals surface area contributed by atoms with E-state index in [-0.39, 0.29) is 0 Å². The van der Waals surface area contributed by atoms with Crippen molar-refractivity contribution < 1.29 is 0 Å². The van der Waals surface area contributed by atoms with Crippen LogP contribution in [0.5, 0.6) is 0 Å². The van der Waals surface area contributed by atoms with E-state index < -0.39 is 0 Å². The second-order valence-corrected chi connectivity index (χ2v) is 26.8. The second-order valence-electron chi connectivity index (χ2n) is 25.7. The van der Waals surface area contributed by atoms with Crippen LogP contribution in [0.3, 0.4) is 0 Å². The zero-order valence-electron chi connectivity index (χ0n) is 53.4. The standard InChI is InChI=1S/C55H33N3.C38H22N2S/c1-3-14-37-30-39(25-23-34(37)12-1)41-32-49(40-26-24-35-13-2-4-15-38(35)31-40)57-50(33-41)51-42-17-5-7-19-44(42)52(45-20-8-6-18-43(45)51)53-46-21-9-10-22-48(46)58-55-47(53)28-27-36-16-11-29-56-54(36)55;1-2-10-27-26(9-1)25(24-16-17-29-28-11-4-6-14-34(28)41-35(29)22-24)19-20-30(27)36-31-12-3-5-13-33(31)40-38-32(36)18-15-23-8-7-21-39-37(23)38/h1-33H;1-22H. The number of hydrogen-bond acceptors (Lipinski definition) is 6. The highest BCUT2D eigenvalue weighted by Crippen LogP contribution is 2.50. The Kier molecular flexibility index (Phi) is 13.1. The third-order valence-corrected chi connectivity index (χ3v) is 21.3. The maximum atomic E-state index is 5.59. The summed E-state index contributed by atoms with van der Waals surface area (Å²) in [5.41, 5.74) is 19.3. The molecule has 0 radical (unpaired) electrons. The first kappa shape index (κ1) is 56.5. The van der Waals surface area contributed by atoms with Crippen LogP contribution in [-0.2, 0) is 0 Å². The number of benzene rings is 15. The Morgan fingerprint density at radius 2 is 0.626 bits per heavy atom. The Labute approximate surface area is 572 Å². The fraction of sp³-hybridized carbons (Fsp3) is 0. The molecule has 0 aliphatic carbocycles. The Morgan fingerprint density at radius 3 is 1.26 bits per heavy atom. The van der Waals surface area contributed by atoms with Gasteiger partial charge in [0.2, 0.25) is 0 Å². The average Bonchev–Trinajstić information content (AvgIpc) is 1.56. The maximum absolute atomic E-state index is 5.59. The highest BCUT2D eigenvalue weighted by atomic mass is 32.1. The monoisotopic (exact) mass is 1270 g/mol. The maximum Gasteiger partial charge on any atom is 0.0978 e. The molecule has 0 atom stereocenters. The minimum atomic E-state index is 0.910. The quantitative estimate of drug-likeness (QED) is 0.123. The number of aromatic nitrogens is 5. The minimum absolute atomic E-state index is 0.910. The number of fused-ring (bicyclic) bond motifs is 16. The Morgan fingerprint density at radius 1 is 0.202 bits per heavy atom. The van der Waals surface area contributed by atoms with Gasteiger partial charge in [0.15, 0.2) is 0 Å². The third-order valence-electron chi connectivity index (χ3n) is 20.1. The second kappa shape index (κ2) is 22.9. The Balaban J connectivity index is 0.000000142. The van der Waals surface area contributed by atoms with E-state index in [1.54, 1.807) is 0 Å². The van der Waals surface area contributed by atoms with Crippen LogP contribution < -0.4 is 0 Å². The Bertz CT molecular complexity index is 6800. The third kappa shape index (κ3) is 9.33. The number of rotatable bonds is 6. The van der Waals surface area contributed by atoms with Gasteiger partial charge in [-0.25, -0.2) is 15.0 Å². The highest BCUT2D eigenvalue weighted by Gasteiger charge is 2.24. The molecule has 458 valence electrons. The molecule has 0 saturated heterocycles. The molecule has 0 bridgehead atoms. The van der Waals surface area contributed by atoms with E-state index in [0.29, 0.717) is 0 Å². The topological polar surface area (TPSA) is 64.5 Å². The summed E-state index contributed by atoms with van der Waals surface area (Å²) in [6, 6.07) is 116. The molecule has 99 heavy (non-hydrogen) atoms. The summed E-state index contributed by atoms with van der Waals surface area (Å²) in [5.74, 6) is 0. The number of nitrogens with zero attached hydrogens (tertiary/aromatic N) is 5. The first-order valence-corrected chi connectivity index (χ1v) is 34.4. The van der Waals surface area contributed by atoms with Gasteiger partial charge in [0, 0.05) is 87.1 Å². The lowest BCUT2D eigenvalue weighted by Gasteiger charge is -2.20. The molecule has 6 heteroatoms. The summed E-state index contributed by atoms with van der Waals surface area (Å²) in [6.45, 7) is 0. The van der Waals surface area contributed by atoms with E-state index in [4.69, 9.17) is 24.9 Å². The van der Waals surface area contributed by atoms with Crippen LogP contribution in [0, 0.1) is 0 Å². The minimum Gasteiger partial charge on any atom is -0.254 e. The number of para-hydroxylation sites is 2. The van der Waals surface area contributed by atoms with Gasteiger partial charge < -0.3 is 0 Å². The molecule has 15 aromatic carbocycles. The van der Waals surface area contributed by atoms with E-state index in [0.717, 1.165) is 110 Å². The van der Waals surface area contributed by atoms with Crippen molar-refractivity contribution in [1.29, 1.82) is 0 Å². The number of hydrogen-bond donors (Lipinski definition) is 0. The van der Waals surface area contributed by atoms with Gasteiger partial charge in [0.05, 0.1) is 44.5 Å². The summed E-state index contributed by atoms with van der Waals surface area (Å²) in [4.78, 5) is 25.6. The lowest BCUT2D eigenvalue weighted by Crippen LogP contribution is -1.97. The first-order valence-electron chi connectivity index (χ1n) is 33.6. The summed E-state index contributed by atoms with van der Waals surface area (Å²) in [5, 5.41) is 21.3. The number of thiophene rings is 1. The number of pyridine rings is 5. The molecule has 6 heterocycles. The predicted molar refractivity (Wildman–Crippen MR) is 420 cm³/mol. The molecule has 6 aromatic heterocycles. The molecule has 0 amide bonds. The summed E-state index contributed by atoms with van der Waals surface area (Å²) in [7, 11) is 0. The van der Waals surface area contributed by atoms with Crippen LogP contribution in [0.2, 0.25) is 0 Å². The molecule has 0 aliphatic heterocycles. The van der Waals surface area contributed by atoms with Crippen molar-refractivity contribution in [3.05, 3.63) is 334 Å². The van der Waals surface area contributed by atoms with Crippen LogP contribution >= 0.6 is 11.3 Å². The smallest absolute Gasteiger partial charge is 0.0978 e. The summed E-state index contributed by atoms with van der Waals surface area (Å²) < 4.78 is 2.65. The summed E-state index contributed by atoms with van der Waals surface area (Å²) >= 11 is 1.87. The fourth-order valence-electron chi connectivity index (χ4n) is 15.6. The molecule has 21 aromatic rings. The lowest BCUT2D eigenvalue weighted by molar-refractivity contribution is 1.34. The van der Waals surface area contributed by atoms with Gasteiger partial charge >= 0.3 is 0 Å². The van der Waals surface area contributed by atoms with Gasteiger partial charge in [-0.2, -0.15) is 0 Å². The van der Waals surface area contributed by atoms with E-state index >= 15 is 0 Å². The fourth-order valence-corrected chi connectivity index (χ4v) is 16.7. The van der Waals surface area contributed by atoms with Crippen LogP contribution in [0.25, 0.3) is 206 Å². The van der Waals surface area contributed by atoms with Crippen molar-refractivity contribution in [2.45, 2.75) is 0 Å². The molecule has 5 nitrogen and oxygen atoms in total. The van der Waals surface area contributed by atoms with Gasteiger partial charge in [-0.15, -0.1) is 11.3 Å². The van der Waals surface area contributed by atoms with Crippen molar-refractivity contribution in [1.82, 2.24) is 24.9 Å². The van der Waals surface area contributed by atoms with E-state index in [9.17, 15) is 0 Å². The van der Waals surface area contributed by atoms with Crippen molar-refractivity contribution in [3.8, 4) is 67.0 Å². The molecular weight excluding hydrogens is 1220 g/mol. The Hall–Kier alpha value is -12.9. The molecule has 0 spiro atoms. The van der Waals surface area contributed by atoms with Gasteiger partial charge in [-0.1, -0.05) is 261 Å². The van der Waals surface area contributed by atoms with Crippen LogP contribution in [0.1, 0.15) is 0 Å². The molecule has 21 rings (SSSR count). The van der Waals surface area contributed by atoms with Gasteiger partial charge in [0.1, 0.15) is 0 Å². The van der Waals surface area contributed by atoms with Gasteiger partial charge in [-0.05, 0) is 148 Å². The van der Waals surface area contributed by atoms with Gasteiger partial charge in [-0.3, -0.25) is 9.97 Å². The normalized spacial score (nSPS) is 11.8. The van der Waals surface area contributed by atoms with Crippen LogP contribution in [-0.4, -0.2) is 24.9 Å². The highest BCUT2D eigenvalue weighted by molar-refractivity contribution is 7.25. The van der Waals surface area contributed by atoms with E-state index in [2.05, 4.69) is 309 Å². The molecule has 0 aliphatic rings. The van der Waals surface area contributed by atoms with Crippen LogP contribution in [0.15, 0.2) is 334 Å². The van der Waals surface area contributed by atoms with Crippen LogP contribution in [0.4, 0.5) is 0 Å². The van der Waals surface area contributed by atoms with Crippen molar-refractivity contribution >= 4 is 151 Å². The molecule has 0 unspecified atom stereocenters. The SMILES string of the molecule is c1ccc2cc(-c3cc(-c4ccc5ccccc5c4)nc(-c4c5ccccc5c(-c5c6ccccc6nc6c5ccc5cccnc56)c5ccccc45)c3)ccc2c1.c1cnc2c(c1)ccc1c(-c3ccc(-c4ccc5c(c4)sc4ccccc45)c4ccccc34)c3ccccc3nc12. The van der Waals surface area contributed by atoms with E-state index in [1.807, 2.05) is 35.9 Å². The average molecular weight is 1270 g/mol. The zero-order valence-corrected chi connectivity index (χ0v) is 54.2. The van der Waals surface area contributed by atoms with E-state index in [1.165, 1.54) is 96.6 Å². The van der Waals surface area contributed by atoms with Crippen molar-refractivity contribution in [2.75, 3.05) is 0 Å². The first-order chi connectivity index (χ1) is 49.1. The largest absolute Gasteiger partial charge is 0.254 e. The predicted octanol–water partition coefficient (Wildman–Crippen LogP) is 25.4. The molecule has 0 N–H and O–H groups in total. The summed E-state index contributed by atoms with van der Waals surface area (Å²) in [6.07, 6.45) is 3.72. The lowest BCUT2D eigenvalue weighted by atomic mass is 9.84. The molecule has 0 fully saturated rings. The van der Waals surface area contributed by atoms with Crippen molar-refractivity contribution in [2.24, 2.45) is 0 Å². The zero-order chi connectivity index (χ0) is 65.1. The molecule has 0 saturated carbocycles. The molecular formula is C93H55N5S. The van der Waals surface area contributed by atoms with Gasteiger partial charge in [0.25, 0.3) is 0 Å². The van der Waals surface area contributed by atoms with Crippen molar-refractivity contribution in [3.63, 3.8) is 0 Å².